The van der Waals surface area contributed by atoms with Crippen molar-refractivity contribution in [3.63, 3.8) is 0 Å². The summed E-state index contributed by atoms with van der Waals surface area (Å²) in [6.45, 7) is 4.15. The van der Waals surface area contributed by atoms with Crippen LogP contribution in [0.2, 0.25) is 0 Å². The fourth-order valence-electron chi connectivity index (χ4n) is 3.40. The first kappa shape index (κ1) is 23.7. The second kappa shape index (κ2) is 11.6. The van der Waals surface area contributed by atoms with Crippen molar-refractivity contribution in [1.29, 1.82) is 0 Å². The summed E-state index contributed by atoms with van der Waals surface area (Å²) in [5, 5.41) is 3.40. The van der Waals surface area contributed by atoms with E-state index < -0.39 is 0 Å². The van der Waals surface area contributed by atoms with Gasteiger partial charge in [-0.3, -0.25) is 4.99 Å². The number of pyridine rings is 2. The number of rotatable bonds is 5. The second-order valence-electron chi connectivity index (χ2n) is 7.12. The fourth-order valence-corrected chi connectivity index (χ4v) is 3.40. The second-order valence-corrected chi connectivity index (χ2v) is 7.12. The molecule has 3 aromatic rings. The van der Waals surface area contributed by atoms with E-state index in [1.165, 1.54) is 12.1 Å². The number of nitrogens with zero attached hydrogens (tertiary/aromatic N) is 5. The Balaban J connectivity index is 0.00000289. The predicted octanol–water partition coefficient (Wildman–Crippen LogP) is 3.92. The molecule has 1 saturated heterocycles. The molecule has 7 nitrogen and oxygen atoms in total. The number of hydrogen-bond acceptors (Lipinski definition) is 5. The van der Waals surface area contributed by atoms with E-state index >= 15 is 0 Å². The molecule has 0 saturated carbocycles. The highest BCUT2D eigenvalue weighted by Gasteiger charge is 2.20. The highest BCUT2D eigenvalue weighted by Crippen LogP contribution is 2.19. The zero-order valence-corrected chi connectivity index (χ0v) is 20.1. The summed E-state index contributed by atoms with van der Waals surface area (Å²) in [7, 11) is 1.80. The molecule has 0 atom stereocenters. The highest BCUT2D eigenvalue weighted by molar-refractivity contribution is 14.0. The van der Waals surface area contributed by atoms with Gasteiger partial charge in [0.25, 0.3) is 0 Å². The molecular weight excluding hydrogens is 522 g/mol. The largest absolute Gasteiger partial charge is 0.439 e. The maximum atomic E-state index is 13.0. The molecule has 0 radical (unpaired) electrons. The average molecular weight is 548 g/mol. The smallest absolute Gasteiger partial charge is 0.219 e. The summed E-state index contributed by atoms with van der Waals surface area (Å²) < 4.78 is 18.6. The summed E-state index contributed by atoms with van der Waals surface area (Å²) in [6, 6.07) is 15.6. The minimum absolute atomic E-state index is 0. The van der Waals surface area contributed by atoms with E-state index in [2.05, 4.69) is 30.1 Å². The van der Waals surface area contributed by atoms with Crippen molar-refractivity contribution in [1.82, 2.24) is 20.2 Å². The van der Waals surface area contributed by atoms with Gasteiger partial charge < -0.3 is 19.9 Å². The number of halogens is 2. The van der Waals surface area contributed by atoms with Gasteiger partial charge in [0.05, 0.1) is 0 Å². The Morgan fingerprint density at radius 3 is 2.44 bits per heavy atom. The van der Waals surface area contributed by atoms with Gasteiger partial charge in [-0.15, -0.1) is 24.0 Å². The Bertz CT molecular complexity index is 993. The van der Waals surface area contributed by atoms with Crippen molar-refractivity contribution in [3.8, 4) is 11.6 Å². The maximum absolute atomic E-state index is 13.0. The Hall–Kier alpha value is -2.95. The molecule has 1 aliphatic heterocycles. The Morgan fingerprint density at radius 1 is 1.03 bits per heavy atom. The molecule has 1 N–H and O–H groups in total. The number of aliphatic imine (C=N–C) groups is 1. The number of anilines is 1. The van der Waals surface area contributed by atoms with E-state index in [4.69, 9.17) is 4.74 Å². The number of ether oxygens (including phenoxy) is 1. The van der Waals surface area contributed by atoms with Crippen LogP contribution < -0.4 is 15.0 Å². The number of guanidine groups is 1. The average Bonchev–Trinajstić information content (AvgIpc) is 2.83. The molecule has 0 aliphatic carbocycles. The molecule has 1 fully saturated rings. The lowest BCUT2D eigenvalue weighted by molar-refractivity contribution is 0.371. The Labute approximate surface area is 204 Å². The minimum Gasteiger partial charge on any atom is -0.439 e. The van der Waals surface area contributed by atoms with Crippen LogP contribution in [-0.4, -0.2) is 54.1 Å². The maximum Gasteiger partial charge on any atom is 0.219 e. The third-order valence-corrected chi connectivity index (χ3v) is 5.05. The monoisotopic (exact) mass is 548 g/mol. The van der Waals surface area contributed by atoms with Gasteiger partial charge in [-0.1, -0.05) is 12.1 Å². The molecule has 2 aromatic heterocycles. The van der Waals surface area contributed by atoms with Crippen LogP contribution in [0.5, 0.6) is 11.6 Å². The van der Waals surface area contributed by atoms with Crippen molar-refractivity contribution >= 4 is 35.8 Å². The summed E-state index contributed by atoms with van der Waals surface area (Å²) in [6.07, 6.45) is 3.59. The van der Waals surface area contributed by atoms with Crippen molar-refractivity contribution < 1.29 is 9.13 Å². The van der Waals surface area contributed by atoms with Crippen molar-refractivity contribution in [3.05, 3.63) is 78.4 Å². The van der Waals surface area contributed by atoms with Crippen molar-refractivity contribution in [2.45, 2.75) is 6.54 Å². The minimum atomic E-state index is -0.298. The molecule has 1 aromatic carbocycles. The molecule has 3 heterocycles. The molecule has 0 spiro atoms. The number of piperazine rings is 1. The molecule has 0 unspecified atom stereocenters. The molecule has 1 aliphatic rings. The van der Waals surface area contributed by atoms with Gasteiger partial charge in [0.15, 0.2) is 5.96 Å². The molecule has 4 rings (SSSR count). The molecule has 0 bridgehead atoms. The summed E-state index contributed by atoms with van der Waals surface area (Å²) in [5.74, 6) is 2.59. The highest BCUT2D eigenvalue weighted by atomic mass is 127. The van der Waals surface area contributed by atoms with E-state index in [-0.39, 0.29) is 29.8 Å². The predicted molar refractivity (Wildman–Crippen MR) is 134 cm³/mol. The van der Waals surface area contributed by atoms with Crippen LogP contribution in [0.25, 0.3) is 0 Å². The van der Waals surface area contributed by atoms with E-state index in [9.17, 15) is 4.39 Å². The number of hydrogen-bond donors (Lipinski definition) is 1. The van der Waals surface area contributed by atoms with Crippen LogP contribution in [0.4, 0.5) is 10.2 Å². The van der Waals surface area contributed by atoms with E-state index in [1.54, 1.807) is 31.4 Å². The van der Waals surface area contributed by atoms with Gasteiger partial charge in [-0.25, -0.2) is 14.4 Å². The van der Waals surface area contributed by atoms with Crippen LogP contribution in [0, 0.1) is 5.82 Å². The SMILES string of the molecule is CN=C(NCc1ccc(Oc2ccc(F)cc2)nc1)N1CCN(c2ccccn2)CC1.I. The zero-order chi connectivity index (χ0) is 21.5. The van der Waals surface area contributed by atoms with Crippen LogP contribution in [0.1, 0.15) is 5.56 Å². The number of benzene rings is 1. The fraction of sp³-hybridized carbons (Fsp3) is 0.261. The lowest BCUT2D eigenvalue weighted by atomic mass is 10.3. The molecule has 168 valence electrons. The number of aromatic nitrogens is 2. The summed E-state index contributed by atoms with van der Waals surface area (Å²) >= 11 is 0. The number of nitrogens with one attached hydrogen (secondary N) is 1. The first-order valence-corrected chi connectivity index (χ1v) is 10.2. The van der Waals surface area contributed by atoms with Gasteiger partial charge in [-0.2, -0.15) is 0 Å². The van der Waals surface area contributed by atoms with Crippen LogP contribution in [-0.2, 0) is 6.54 Å². The van der Waals surface area contributed by atoms with E-state index in [1.807, 2.05) is 30.5 Å². The molecular formula is C23H26FIN6O. The molecule has 0 amide bonds. The van der Waals surface area contributed by atoms with E-state index in [0.717, 1.165) is 43.5 Å². The standard InChI is InChI=1S/C23H25FN6O.HI/c1-25-23(30-14-12-29(13-15-30)21-4-2-3-11-26-21)28-17-18-5-10-22(27-16-18)31-20-8-6-19(24)7-9-20;/h2-11,16H,12-15,17H2,1H3,(H,25,28);1H. The van der Waals surface area contributed by atoms with Gasteiger partial charge in [0.2, 0.25) is 5.88 Å². The third kappa shape index (κ3) is 6.28. The summed E-state index contributed by atoms with van der Waals surface area (Å²) in [5.41, 5.74) is 1.01. The normalized spacial score (nSPS) is 14.0. The first-order chi connectivity index (χ1) is 15.2. The molecule has 9 heteroatoms. The van der Waals surface area contributed by atoms with Crippen molar-refractivity contribution in [2.24, 2.45) is 4.99 Å². The Morgan fingerprint density at radius 2 is 1.81 bits per heavy atom. The van der Waals surface area contributed by atoms with Gasteiger partial charge in [0.1, 0.15) is 17.4 Å². The lowest BCUT2D eigenvalue weighted by Crippen LogP contribution is -2.52. The van der Waals surface area contributed by atoms with Gasteiger partial charge >= 0.3 is 0 Å². The van der Waals surface area contributed by atoms with Crippen LogP contribution in [0.15, 0.2) is 72.0 Å². The topological polar surface area (TPSA) is 65.9 Å². The summed E-state index contributed by atoms with van der Waals surface area (Å²) in [4.78, 5) is 17.7. The van der Waals surface area contributed by atoms with Gasteiger partial charge in [-0.05, 0) is 42.0 Å². The van der Waals surface area contributed by atoms with Gasteiger partial charge in [0, 0.05) is 58.2 Å². The van der Waals surface area contributed by atoms with Crippen molar-refractivity contribution in [2.75, 3.05) is 38.1 Å². The first-order valence-electron chi connectivity index (χ1n) is 10.2. The molecule has 32 heavy (non-hydrogen) atoms. The Kier molecular flexibility index (Phi) is 8.60. The van der Waals surface area contributed by atoms with Crippen LogP contribution in [0.3, 0.4) is 0 Å². The third-order valence-electron chi connectivity index (χ3n) is 5.05. The quantitative estimate of drug-likeness (QED) is 0.296. The van der Waals surface area contributed by atoms with E-state index in [0.29, 0.717) is 18.2 Å². The zero-order valence-electron chi connectivity index (χ0n) is 17.8. The lowest BCUT2D eigenvalue weighted by Gasteiger charge is -2.37. The van der Waals surface area contributed by atoms with Crippen LogP contribution >= 0.6 is 24.0 Å².